The third-order valence-corrected chi connectivity index (χ3v) is 5.01. The Bertz CT molecular complexity index is 350. The molecule has 1 aliphatic carbocycles. The standard InChI is InChI=1S/C14H25N3S/c1-11-12(2)18-14(16-11)10-15-8-9-17(3)13-6-4-5-7-13/h13,15H,4-10H2,1-3H3. The Hall–Kier alpha value is -0.450. The first-order valence-corrected chi connectivity index (χ1v) is 7.82. The van der Waals surface area contributed by atoms with Gasteiger partial charge in [0.1, 0.15) is 5.01 Å². The van der Waals surface area contributed by atoms with Crippen LogP contribution in [0.4, 0.5) is 0 Å². The van der Waals surface area contributed by atoms with Gasteiger partial charge in [0.15, 0.2) is 0 Å². The third-order valence-electron chi connectivity index (χ3n) is 3.94. The quantitative estimate of drug-likeness (QED) is 0.803. The molecule has 1 heterocycles. The van der Waals surface area contributed by atoms with Crippen LogP contribution in [0, 0.1) is 13.8 Å². The molecule has 4 heteroatoms. The molecule has 0 atom stereocenters. The average molecular weight is 267 g/mol. The van der Waals surface area contributed by atoms with E-state index in [1.54, 1.807) is 0 Å². The lowest BCUT2D eigenvalue weighted by Gasteiger charge is -2.23. The predicted octanol–water partition coefficient (Wildman–Crippen LogP) is 2.72. The highest BCUT2D eigenvalue weighted by Crippen LogP contribution is 2.21. The molecule has 2 rings (SSSR count). The number of hydrogen-bond donors (Lipinski definition) is 1. The minimum atomic E-state index is 0.830. The molecule has 1 aliphatic rings. The van der Waals surface area contributed by atoms with Gasteiger partial charge < -0.3 is 10.2 Å². The van der Waals surface area contributed by atoms with Gasteiger partial charge in [-0.25, -0.2) is 4.98 Å². The van der Waals surface area contributed by atoms with Gasteiger partial charge in [-0.3, -0.25) is 0 Å². The molecule has 3 nitrogen and oxygen atoms in total. The van der Waals surface area contributed by atoms with Crippen LogP contribution in [-0.2, 0) is 6.54 Å². The fourth-order valence-corrected chi connectivity index (χ4v) is 3.50. The van der Waals surface area contributed by atoms with E-state index in [1.165, 1.54) is 41.3 Å². The summed E-state index contributed by atoms with van der Waals surface area (Å²) in [5.41, 5.74) is 1.18. The van der Waals surface area contributed by atoms with E-state index in [4.69, 9.17) is 0 Å². The summed E-state index contributed by atoms with van der Waals surface area (Å²) in [7, 11) is 2.26. The van der Waals surface area contributed by atoms with Gasteiger partial charge in [0, 0.05) is 30.6 Å². The topological polar surface area (TPSA) is 28.2 Å². The summed E-state index contributed by atoms with van der Waals surface area (Å²) in [6.45, 7) is 7.35. The Labute approximate surface area is 115 Å². The minimum Gasteiger partial charge on any atom is -0.309 e. The highest BCUT2D eigenvalue weighted by Gasteiger charge is 2.18. The molecule has 0 radical (unpaired) electrons. The van der Waals surface area contributed by atoms with E-state index in [0.717, 1.165) is 25.7 Å². The SMILES string of the molecule is Cc1nc(CNCCN(C)C2CCCC2)sc1C. The Morgan fingerprint density at radius 1 is 1.33 bits per heavy atom. The van der Waals surface area contributed by atoms with Gasteiger partial charge >= 0.3 is 0 Å². The highest BCUT2D eigenvalue weighted by molar-refractivity contribution is 7.11. The number of thiazole rings is 1. The molecule has 0 aliphatic heterocycles. The maximum Gasteiger partial charge on any atom is 0.107 e. The molecular formula is C14H25N3S. The van der Waals surface area contributed by atoms with Crippen molar-refractivity contribution in [3.8, 4) is 0 Å². The van der Waals surface area contributed by atoms with Crippen LogP contribution in [0.15, 0.2) is 0 Å². The number of rotatable bonds is 6. The van der Waals surface area contributed by atoms with Crippen LogP contribution in [0.25, 0.3) is 0 Å². The molecule has 1 saturated carbocycles. The summed E-state index contributed by atoms with van der Waals surface area (Å²) in [4.78, 5) is 8.40. The van der Waals surface area contributed by atoms with Gasteiger partial charge in [0.2, 0.25) is 0 Å². The number of likely N-dealkylation sites (N-methyl/N-ethyl adjacent to an activating group) is 1. The fourth-order valence-electron chi connectivity index (χ4n) is 2.59. The number of aryl methyl sites for hydroxylation is 2. The molecule has 0 unspecified atom stereocenters. The van der Waals surface area contributed by atoms with E-state index in [1.807, 2.05) is 11.3 Å². The lowest BCUT2D eigenvalue weighted by molar-refractivity contribution is 0.245. The molecule has 1 fully saturated rings. The van der Waals surface area contributed by atoms with Crippen molar-refractivity contribution in [1.29, 1.82) is 0 Å². The van der Waals surface area contributed by atoms with Gasteiger partial charge in [0.05, 0.1) is 5.69 Å². The highest BCUT2D eigenvalue weighted by atomic mass is 32.1. The maximum absolute atomic E-state index is 4.55. The predicted molar refractivity (Wildman–Crippen MR) is 78.2 cm³/mol. The van der Waals surface area contributed by atoms with Crippen molar-refractivity contribution in [1.82, 2.24) is 15.2 Å². The molecule has 0 bridgehead atoms. The molecule has 1 aromatic rings. The molecular weight excluding hydrogens is 242 g/mol. The largest absolute Gasteiger partial charge is 0.309 e. The Kier molecular flexibility index (Phi) is 5.15. The van der Waals surface area contributed by atoms with Crippen molar-refractivity contribution in [3.05, 3.63) is 15.6 Å². The van der Waals surface area contributed by atoms with E-state index in [9.17, 15) is 0 Å². The Morgan fingerprint density at radius 2 is 2.06 bits per heavy atom. The second-order valence-corrected chi connectivity index (χ2v) is 6.63. The van der Waals surface area contributed by atoms with E-state index in [2.05, 4.69) is 36.1 Å². The van der Waals surface area contributed by atoms with E-state index in [-0.39, 0.29) is 0 Å². The zero-order chi connectivity index (χ0) is 13.0. The smallest absolute Gasteiger partial charge is 0.107 e. The molecule has 0 saturated heterocycles. The van der Waals surface area contributed by atoms with Crippen LogP contribution < -0.4 is 5.32 Å². The van der Waals surface area contributed by atoms with Crippen molar-refractivity contribution >= 4 is 11.3 Å². The lowest BCUT2D eigenvalue weighted by Crippen LogP contribution is -2.35. The Balaban J connectivity index is 1.63. The van der Waals surface area contributed by atoms with Crippen molar-refractivity contribution in [2.24, 2.45) is 0 Å². The van der Waals surface area contributed by atoms with Crippen LogP contribution in [0.3, 0.4) is 0 Å². The van der Waals surface area contributed by atoms with Crippen LogP contribution in [0.2, 0.25) is 0 Å². The summed E-state index contributed by atoms with van der Waals surface area (Å²) in [5.74, 6) is 0. The average Bonchev–Trinajstić information content (AvgIpc) is 2.96. The van der Waals surface area contributed by atoms with Crippen molar-refractivity contribution in [3.63, 3.8) is 0 Å². The van der Waals surface area contributed by atoms with Gasteiger partial charge in [-0.05, 0) is 33.7 Å². The molecule has 18 heavy (non-hydrogen) atoms. The van der Waals surface area contributed by atoms with Gasteiger partial charge in [-0.1, -0.05) is 12.8 Å². The normalized spacial score (nSPS) is 16.9. The molecule has 0 amide bonds. The zero-order valence-electron chi connectivity index (χ0n) is 11.8. The van der Waals surface area contributed by atoms with E-state index >= 15 is 0 Å². The van der Waals surface area contributed by atoms with Crippen LogP contribution in [-0.4, -0.2) is 36.1 Å². The zero-order valence-corrected chi connectivity index (χ0v) is 12.6. The van der Waals surface area contributed by atoms with Gasteiger partial charge in [0.25, 0.3) is 0 Å². The van der Waals surface area contributed by atoms with Crippen molar-refractivity contribution in [2.75, 3.05) is 20.1 Å². The molecule has 0 spiro atoms. The molecule has 1 aromatic heterocycles. The van der Waals surface area contributed by atoms with Gasteiger partial charge in [-0.2, -0.15) is 0 Å². The van der Waals surface area contributed by atoms with Crippen LogP contribution in [0.5, 0.6) is 0 Å². The summed E-state index contributed by atoms with van der Waals surface area (Å²) >= 11 is 1.81. The summed E-state index contributed by atoms with van der Waals surface area (Å²) in [6, 6.07) is 0.830. The van der Waals surface area contributed by atoms with E-state index < -0.39 is 0 Å². The number of nitrogens with zero attached hydrogens (tertiary/aromatic N) is 2. The van der Waals surface area contributed by atoms with Crippen LogP contribution >= 0.6 is 11.3 Å². The summed E-state index contributed by atoms with van der Waals surface area (Å²) in [6.07, 6.45) is 5.61. The second kappa shape index (κ2) is 6.64. The van der Waals surface area contributed by atoms with Crippen LogP contribution in [0.1, 0.15) is 41.3 Å². The maximum atomic E-state index is 4.55. The van der Waals surface area contributed by atoms with Crippen molar-refractivity contribution in [2.45, 2.75) is 52.1 Å². The summed E-state index contributed by atoms with van der Waals surface area (Å²) in [5, 5.41) is 4.72. The first-order chi connectivity index (χ1) is 8.66. The number of nitrogens with one attached hydrogen (secondary N) is 1. The summed E-state index contributed by atoms with van der Waals surface area (Å²) < 4.78 is 0. The minimum absolute atomic E-state index is 0.830. The monoisotopic (exact) mass is 267 g/mol. The first-order valence-electron chi connectivity index (χ1n) is 7.00. The second-order valence-electron chi connectivity index (χ2n) is 5.34. The Morgan fingerprint density at radius 3 is 2.67 bits per heavy atom. The fraction of sp³-hybridized carbons (Fsp3) is 0.786. The third kappa shape index (κ3) is 3.77. The van der Waals surface area contributed by atoms with Crippen molar-refractivity contribution < 1.29 is 0 Å². The molecule has 1 N–H and O–H groups in total. The molecule has 102 valence electrons. The number of hydrogen-bond acceptors (Lipinski definition) is 4. The van der Waals surface area contributed by atoms with E-state index in [0.29, 0.717) is 0 Å². The van der Waals surface area contributed by atoms with Gasteiger partial charge in [-0.15, -0.1) is 11.3 Å². The molecule has 0 aromatic carbocycles. The number of aromatic nitrogens is 1. The first kappa shape index (κ1) is 14.0. The lowest BCUT2D eigenvalue weighted by atomic mass is 10.2.